The number of rotatable bonds is 1. The van der Waals surface area contributed by atoms with Gasteiger partial charge in [-0.1, -0.05) is 17.7 Å². The zero-order valence-electron chi connectivity index (χ0n) is 12.8. The maximum absolute atomic E-state index is 13.3. The molecule has 0 saturated heterocycles. The van der Waals surface area contributed by atoms with Crippen LogP contribution in [-0.4, -0.2) is 17.5 Å². The number of hydrogen-bond acceptors (Lipinski definition) is 1. The number of halogens is 5. The molecule has 132 valence electrons. The summed E-state index contributed by atoms with van der Waals surface area (Å²) in [4.78, 5) is 13.7. The second-order valence-electron chi connectivity index (χ2n) is 5.71. The Kier molecular flexibility index (Phi) is 4.60. The topological polar surface area (TPSA) is 32.3 Å². The van der Waals surface area contributed by atoms with Crippen molar-refractivity contribution in [2.24, 2.45) is 0 Å². The maximum atomic E-state index is 13.3. The minimum Gasteiger partial charge on any atom is -0.320 e. The number of anilines is 1. The normalized spacial score (nSPS) is 14.2. The number of carbonyl (C=O) groups is 1. The number of nitrogens with one attached hydrogen (secondary N) is 1. The molecule has 0 unspecified atom stereocenters. The number of amides is 2. The molecule has 0 aromatic heterocycles. The molecule has 0 atom stereocenters. The summed E-state index contributed by atoms with van der Waals surface area (Å²) in [6.45, 7) is 0.586. The monoisotopic (exact) mass is 372 g/mol. The summed E-state index contributed by atoms with van der Waals surface area (Å²) < 4.78 is 52.0. The highest BCUT2D eigenvalue weighted by molar-refractivity contribution is 6.31. The molecule has 8 heteroatoms. The first kappa shape index (κ1) is 17.5. The molecule has 0 bridgehead atoms. The molecule has 1 heterocycles. The Morgan fingerprint density at radius 2 is 1.88 bits per heavy atom. The molecular weight excluding hydrogens is 360 g/mol. The molecule has 0 radical (unpaired) electrons. The van der Waals surface area contributed by atoms with Crippen LogP contribution in [0.3, 0.4) is 0 Å². The highest BCUT2D eigenvalue weighted by Gasteiger charge is 2.33. The van der Waals surface area contributed by atoms with Crippen LogP contribution in [0.4, 0.5) is 28.0 Å². The first-order valence-electron chi connectivity index (χ1n) is 7.44. The summed E-state index contributed by atoms with van der Waals surface area (Å²) >= 11 is 5.56. The van der Waals surface area contributed by atoms with E-state index >= 15 is 0 Å². The number of alkyl halides is 3. The summed E-state index contributed by atoms with van der Waals surface area (Å²) in [5, 5.41) is 1.99. The van der Waals surface area contributed by atoms with Gasteiger partial charge in [0.25, 0.3) is 0 Å². The molecule has 2 aromatic rings. The zero-order valence-corrected chi connectivity index (χ0v) is 13.6. The minimum atomic E-state index is -4.61. The summed E-state index contributed by atoms with van der Waals surface area (Å²) in [5.74, 6) is -0.395. The highest BCUT2D eigenvalue weighted by Crippen LogP contribution is 2.36. The number of fused-ring (bicyclic) bond motifs is 1. The summed E-state index contributed by atoms with van der Waals surface area (Å²) in [6, 6.07) is 7.02. The molecular formula is C17H13ClF4N2O. The van der Waals surface area contributed by atoms with E-state index in [0.717, 1.165) is 17.7 Å². The van der Waals surface area contributed by atoms with E-state index in [9.17, 15) is 22.4 Å². The predicted molar refractivity (Wildman–Crippen MR) is 86.0 cm³/mol. The van der Waals surface area contributed by atoms with Crippen molar-refractivity contribution in [1.29, 1.82) is 0 Å². The Labute approximate surface area is 146 Å². The summed E-state index contributed by atoms with van der Waals surface area (Å²) in [6.07, 6.45) is -4.06. The second kappa shape index (κ2) is 6.55. The van der Waals surface area contributed by atoms with Crippen LogP contribution >= 0.6 is 11.6 Å². The molecule has 2 amide bonds. The van der Waals surface area contributed by atoms with Crippen molar-refractivity contribution in [1.82, 2.24) is 4.90 Å². The molecule has 3 rings (SSSR count). The van der Waals surface area contributed by atoms with Gasteiger partial charge in [-0.15, -0.1) is 0 Å². The van der Waals surface area contributed by atoms with Gasteiger partial charge in [0.1, 0.15) is 5.82 Å². The molecule has 0 aliphatic carbocycles. The molecule has 0 spiro atoms. The number of hydrogen-bond donors (Lipinski definition) is 1. The van der Waals surface area contributed by atoms with E-state index in [4.69, 9.17) is 11.6 Å². The lowest BCUT2D eigenvalue weighted by atomic mass is 10.00. The van der Waals surface area contributed by atoms with Gasteiger partial charge in [0.05, 0.1) is 10.6 Å². The van der Waals surface area contributed by atoms with Gasteiger partial charge in [-0.25, -0.2) is 9.18 Å². The Balaban J connectivity index is 1.75. The third-order valence-corrected chi connectivity index (χ3v) is 4.32. The van der Waals surface area contributed by atoms with Crippen molar-refractivity contribution in [3.63, 3.8) is 0 Å². The van der Waals surface area contributed by atoms with Crippen LogP contribution in [-0.2, 0) is 19.1 Å². The molecule has 2 aromatic carbocycles. The van der Waals surface area contributed by atoms with Crippen LogP contribution in [0.25, 0.3) is 0 Å². The maximum Gasteiger partial charge on any atom is 0.417 e. The van der Waals surface area contributed by atoms with Crippen molar-refractivity contribution in [2.45, 2.75) is 19.1 Å². The van der Waals surface area contributed by atoms with Crippen molar-refractivity contribution < 1.29 is 22.4 Å². The van der Waals surface area contributed by atoms with Gasteiger partial charge in [-0.2, -0.15) is 13.2 Å². The van der Waals surface area contributed by atoms with Crippen molar-refractivity contribution in [2.75, 3.05) is 11.9 Å². The lowest BCUT2D eigenvalue weighted by molar-refractivity contribution is -0.137. The Morgan fingerprint density at radius 3 is 2.60 bits per heavy atom. The van der Waals surface area contributed by atoms with E-state index in [1.54, 1.807) is 6.07 Å². The first-order valence-corrected chi connectivity index (χ1v) is 7.82. The third-order valence-electron chi connectivity index (χ3n) is 3.99. The van der Waals surface area contributed by atoms with Crippen LogP contribution in [0.2, 0.25) is 5.02 Å². The van der Waals surface area contributed by atoms with Gasteiger partial charge in [0.2, 0.25) is 0 Å². The Hall–Kier alpha value is -2.28. The number of urea groups is 1. The Morgan fingerprint density at radius 1 is 1.12 bits per heavy atom. The standard InChI is InChI=1S/C17H13ClF4N2O/c18-15-4-3-13(8-14(15)17(20,21)22)23-16(25)24-6-5-10-1-2-12(19)7-11(10)9-24/h1-4,7-8H,5-6,9H2,(H,23,25). The van der Waals surface area contributed by atoms with Crippen molar-refractivity contribution >= 4 is 23.3 Å². The van der Waals surface area contributed by atoms with Crippen LogP contribution in [0.1, 0.15) is 16.7 Å². The predicted octanol–water partition coefficient (Wildman–Crippen LogP) is 5.09. The zero-order chi connectivity index (χ0) is 18.2. The van der Waals surface area contributed by atoms with E-state index in [-0.39, 0.29) is 12.2 Å². The van der Waals surface area contributed by atoms with Crippen LogP contribution in [0, 0.1) is 5.82 Å². The van der Waals surface area contributed by atoms with Gasteiger partial charge in [0.15, 0.2) is 0 Å². The van der Waals surface area contributed by atoms with E-state index in [0.29, 0.717) is 18.5 Å². The largest absolute Gasteiger partial charge is 0.417 e. The molecule has 3 nitrogen and oxygen atoms in total. The average Bonchev–Trinajstić information content (AvgIpc) is 2.54. The fourth-order valence-corrected chi connectivity index (χ4v) is 2.95. The van der Waals surface area contributed by atoms with Gasteiger partial charge < -0.3 is 10.2 Å². The third kappa shape index (κ3) is 3.87. The summed E-state index contributed by atoms with van der Waals surface area (Å²) in [7, 11) is 0. The molecule has 1 aliphatic rings. The van der Waals surface area contributed by atoms with Crippen LogP contribution < -0.4 is 5.32 Å². The number of benzene rings is 2. The first-order chi connectivity index (χ1) is 11.7. The minimum absolute atomic E-state index is 0.00763. The molecule has 1 aliphatic heterocycles. The molecule has 0 saturated carbocycles. The van der Waals surface area contributed by atoms with E-state index in [1.165, 1.54) is 23.1 Å². The second-order valence-corrected chi connectivity index (χ2v) is 6.11. The van der Waals surface area contributed by atoms with E-state index < -0.39 is 28.6 Å². The van der Waals surface area contributed by atoms with Crippen LogP contribution in [0.5, 0.6) is 0 Å². The molecule has 25 heavy (non-hydrogen) atoms. The number of nitrogens with zero attached hydrogens (tertiary/aromatic N) is 1. The van der Waals surface area contributed by atoms with Gasteiger partial charge in [0, 0.05) is 18.8 Å². The highest BCUT2D eigenvalue weighted by atomic mass is 35.5. The Bertz CT molecular complexity index is 823. The number of carbonyl (C=O) groups excluding carboxylic acids is 1. The fraction of sp³-hybridized carbons (Fsp3) is 0.235. The van der Waals surface area contributed by atoms with E-state index in [1.807, 2.05) is 0 Å². The van der Waals surface area contributed by atoms with Gasteiger partial charge >= 0.3 is 12.2 Å². The summed E-state index contributed by atoms with van der Waals surface area (Å²) in [5.41, 5.74) is 0.620. The van der Waals surface area contributed by atoms with Crippen molar-refractivity contribution in [3.05, 3.63) is 63.9 Å². The van der Waals surface area contributed by atoms with E-state index in [2.05, 4.69) is 5.32 Å². The lowest BCUT2D eigenvalue weighted by Gasteiger charge is -2.29. The van der Waals surface area contributed by atoms with Crippen LogP contribution in [0.15, 0.2) is 36.4 Å². The fourth-order valence-electron chi connectivity index (χ4n) is 2.72. The quantitative estimate of drug-likeness (QED) is 0.695. The molecule has 1 N–H and O–H groups in total. The SMILES string of the molecule is O=C(Nc1ccc(Cl)c(C(F)(F)F)c1)N1CCc2ccc(F)cc2C1. The van der Waals surface area contributed by atoms with Crippen molar-refractivity contribution in [3.8, 4) is 0 Å². The average molecular weight is 373 g/mol. The smallest absolute Gasteiger partial charge is 0.320 e. The van der Waals surface area contributed by atoms with Gasteiger partial charge in [-0.3, -0.25) is 0 Å². The molecule has 0 fully saturated rings. The lowest BCUT2D eigenvalue weighted by Crippen LogP contribution is -2.39. The van der Waals surface area contributed by atoms with Gasteiger partial charge in [-0.05, 0) is 47.9 Å².